The predicted molar refractivity (Wildman–Crippen MR) is 50.9 cm³/mol. The minimum absolute atomic E-state index is 0.212. The quantitative estimate of drug-likeness (QED) is 0.655. The molecule has 0 bridgehead atoms. The van der Waals surface area contributed by atoms with E-state index in [4.69, 9.17) is 11.6 Å². The van der Waals surface area contributed by atoms with Crippen molar-refractivity contribution in [1.29, 1.82) is 0 Å². The van der Waals surface area contributed by atoms with Gasteiger partial charge in [0.2, 0.25) is 0 Å². The lowest BCUT2D eigenvalue weighted by molar-refractivity contribution is 0.472. The molecule has 1 heterocycles. The first-order valence-corrected chi connectivity index (χ1v) is 4.16. The number of rotatable bonds is 0. The zero-order valence-electron chi connectivity index (χ0n) is 6.95. The lowest BCUT2D eigenvalue weighted by atomic mass is 10.1. The summed E-state index contributed by atoms with van der Waals surface area (Å²) >= 11 is 5.82. The molecule has 4 heteroatoms. The molecule has 0 amide bonds. The minimum Gasteiger partial charge on any atom is -0.508 e. The number of aromatic nitrogens is 2. The third-order valence-corrected chi connectivity index (χ3v) is 2.21. The van der Waals surface area contributed by atoms with Crippen LogP contribution in [-0.2, 0) is 0 Å². The Morgan fingerprint density at radius 1 is 1.31 bits per heavy atom. The van der Waals surface area contributed by atoms with Crippen molar-refractivity contribution in [3.63, 3.8) is 0 Å². The van der Waals surface area contributed by atoms with Crippen LogP contribution < -0.4 is 0 Å². The zero-order chi connectivity index (χ0) is 9.42. The van der Waals surface area contributed by atoms with E-state index in [9.17, 15) is 5.11 Å². The fourth-order valence-electron chi connectivity index (χ4n) is 1.16. The molecule has 66 valence electrons. The molecule has 1 N–H and O–H groups in total. The van der Waals surface area contributed by atoms with Crippen LogP contribution in [-0.4, -0.2) is 15.1 Å². The van der Waals surface area contributed by atoms with Gasteiger partial charge in [-0.15, -0.1) is 0 Å². The number of phenolic OH excluding ortho intramolecular Hbond substituents is 1. The Hall–Kier alpha value is -1.35. The Kier molecular flexibility index (Phi) is 1.81. The minimum atomic E-state index is 0.212. The molecule has 2 rings (SSSR count). The van der Waals surface area contributed by atoms with Crippen molar-refractivity contribution in [3.05, 3.63) is 29.2 Å². The fraction of sp³-hybridized carbons (Fsp3) is 0.111. The summed E-state index contributed by atoms with van der Waals surface area (Å²) in [7, 11) is 0. The Morgan fingerprint density at radius 3 is 2.85 bits per heavy atom. The van der Waals surface area contributed by atoms with Crippen LogP contribution in [0, 0.1) is 6.92 Å². The average molecular weight is 195 g/mol. The number of aromatic hydroxyl groups is 1. The summed E-state index contributed by atoms with van der Waals surface area (Å²) in [4.78, 5) is 7.86. The highest BCUT2D eigenvalue weighted by molar-refractivity contribution is 6.34. The molecule has 1 aromatic carbocycles. The number of phenols is 1. The number of hydrogen-bond acceptors (Lipinski definition) is 3. The summed E-state index contributed by atoms with van der Waals surface area (Å²) in [5, 5.41) is 10.5. The number of hydrogen-bond donors (Lipinski definition) is 1. The third kappa shape index (κ3) is 1.31. The van der Waals surface area contributed by atoms with Crippen LogP contribution in [0.3, 0.4) is 0 Å². The van der Waals surface area contributed by atoms with E-state index in [0.717, 1.165) is 11.1 Å². The van der Waals surface area contributed by atoms with Gasteiger partial charge in [0.15, 0.2) is 0 Å². The van der Waals surface area contributed by atoms with Gasteiger partial charge in [-0.25, -0.2) is 9.97 Å². The van der Waals surface area contributed by atoms with Gasteiger partial charge in [0, 0.05) is 5.39 Å². The van der Waals surface area contributed by atoms with E-state index < -0.39 is 0 Å². The highest BCUT2D eigenvalue weighted by Gasteiger charge is 2.04. The molecule has 0 radical (unpaired) electrons. The summed E-state index contributed by atoms with van der Waals surface area (Å²) in [5.41, 5.74) is 1.53. The van der Waals surface area contributed by atoms with Crippen LogP contribution >= 0.6 is 11.6 Å². The Balaban J connectivity index is 2.89. The molecule has 0 unspecified atom stereocenters. The zero-order valence-corrected chi connectivity index (χ0v) is 7.71. The van der Waals surface area contributed by atoms with Crippen LogP contribution in [0.4, 0.5) is 0 Å². The summed E-state index contributed by atoms with van der Waals surface area (Å²) in [6.07, 6.45) is 1.40. The molecule has 0 atom stereocenters. The normalized spacial score (nSPS) is 10.6. The lowest BCUT2D eigenvalue weighted by Crippen LogP contribution is -1.85. The van der Waals surface area contributed by atoms with Crippen LogP contribution in [0.5, 0.6) is 5.75 Å². The maximum absolute atomic E-state index is 9.43. The molecule has 0 fully saturated rings. The molecule has 0 aliphatic rings. The van der Waals surface area contributed by atoms with Gasteiger partial charge in [-0.1, -0.05) is 11.6 Å². The monoisotopic (exact) mass is 194 g/mol. The second kappa shape index (κ2) is 2.85. The van der Waals surface area contributed by atoms with E-state index in [2.05, 4.69) is 9.97 Å². The topological polar surface area (TPSA) is 46.0 Å². The third-order valence-electron chi connectivity index (χ3n) is 1.90. The Labute approximate surface area is 80.0 Å². The molecule has 0 aliphatic heterocycles. The molecule has 2 aromatic rings. The highest BCUT2D eigenvalue weighted by atomic mass is 35.5. The van der Waals surface area contributed by atoms with Crippen molar-refractivity contribution in [2.45, 2.75) is 6.92 Å². The van der Waals surface area contributed by atoms with Gasteiger partial charge in [-0.3, -0.25) is 0 Å². The Bertz CT molecular complexity index is 470. The molecule has 0 aliphatic carbocycles. The van der Waals surface area contributed by atoms with Gasteiger partial charge in [0.25, 0.3) is 0 Å². The SMILES string of the molecule is Cc1cc2ncnc(Cl)c2cc1O. The van der Waals surface area contributed by atoms with Crippen molar-refractivity contribution in [1.82, 2.24) is 9.97 Å². The Morgan fingerprint density at radius 2 is 2.08 bits per heavy atom. The molecule has 0 saturated carbocycles. The van der Waals surface area contributed by atoms with E-state index in [0.29, 0.717) is 10.5 Å². The molecule has 3 nitrogen and oxygen atoms in total. The molecule has 1 aromatic heterocycles. The average Bonchev–Trinajstić information content (AvgIpc) is 2.09. The van der Waals surface area contributed by atoms with Crippen molar-refractivity contribution >= 4 is 22.5 Å². The van der Waals surface area contributed by atoms with E-state index in [1.165, 1.54) is 6.33 Å². The van der Waals surface area contributed by atoms with Crippen LogP contribution in [0.1, 0.15) is 5.56 Å². The van der Waals surface area contributed by atoms with E-state index >= 15 is 0 Å². The smallest absolute Gasteiger partial charge is 0.140 e. The first kappa shape index (κ1) is 8.26. The van der Waals surface area contributed by atoms with Gasteiger partial charge >= 0.3 is 0 Å². The van der Waals surface area contributed by atoms with Crippen LogP contribution in [0.2, 0.25) is 5.15 Å². The molecule has 13 heavy (non-hydrogen) atoms. The first-order chi connectivity index (χ1) is 6.18. The first-order valence-electron chi connectivity index (χ1n) is 3.78. The van der Waals surface area contributed by atoms with E-state index in [-0.39, 0.29) is 5.75 Å². The number of halogens is 1. The van der Waals surface area contributed by atoms with E-state index in [1.54, 1.807) is 12.1 Å². The van der Waals surface area contributed by atoms with Crippen LogP contribution in [0.25, 0.3) is 10.9 Å². The van der Waals surface area contributed by atoms with Crippen molar-refractivity contribution < 1.29 is 5.11 Å². The molecular formula is C9H7ClN2O. The van der Waals surface area contributed by atoms with Gasteiger partial charge in [0.05, 0.1) is 5.52 Å². The lowest BCUT2D eigenvalue weighted by Gasteiger charge is -2.02. The maximum Gasteiger partial charge on any atom is 0.140 e. The second-order valence-electron chi connectivity index (χ2n) is 2.82. The summed E-state index contributed by atoms with van der Waals surface area (Å²) < 4.78 is 0. The van der Waals surface area contributed by atoms with Crippen molar-refractivity contribution in [2.75, 3.05) is 0 Å². The van der Waals surface area contributed by atoms with Gasteiger partial charge in [-0.05, 0) is 24.6 Å². The van der Waals surface area contributed by atoms with Gasteiger partial charge in [-0.2, -0.15) is 0 Å². The van der Waals surface area contributed by atoms with Crippen molar-refractivity contribution in [3.8, 4) is 5.75 Å². The molecule has 0 spiro atoms. The van der Waals surface area contributed by atoms with Gasteiger partial charge < -0.3 is 5.11 Å². The largest absolute Gasteiger partial charge is 0.508 e. The summed E-state index contributed by atoms with van der Waals surface area (Å²) in [5.74, 6) is 0.212. The summed E-state index contributed by atoms with van der Waals surface area (Å²) in [6.45, 7) is 1.81. The number of aryl methyl sites for hydroxylation is 1. The fourth-order valence-corrected chi connectivity index (χ4v) is 1.36. The number of fused-ring (bicyclic) bond motifs is 1. The summed E-state index contributed by atoms with van der Waals surface area (Å²) in [6, 6.07) is 3.35. The predicted octanol–water partition coefficient (Wildman–Crippen LogP) is 2.30. The standard InChI is InChI=1S/C9H7ClN2O/c1-5-2-7-6(3-8(5)13)9(10)12-4-11-7/h2-4,13H,1H3. The second-order valence-corrected chi connectivity index (χ2v) is 3.18. The van der Waals surface area contributed by atoms with Crippen LogP contribution in [0.15, 0.2) is 18.5 Å². The number of benzene rings is 1. The maximum atomic E-state index is 9.43. The molecule has 0 saturated heterocycles. The molecular weight excluding hydrogens is 188 g/mol. The number of nitrogens with zero attached hydrogens (tertiary/aromatic N) is 2. The van der Waals surface area contributed by atoms with E-state index in [1.807, 2.05) is 6.92 Å². The van der Waals surface area contributed by atoms with Crippen molar-refractivity contribution in [2.24, 2.45) is 0 Å². The highest BCUT2D eigenvalue weighted by Crippen LogP contribution is 2.26. The van der Waals surface area contributed by atoms with Gasteiger partial charge in [0.1, 0.15) is 17.2 Å².